The Morgan fingerprint density at radius 3 is 2.71 bits per heavy atom. The molecule has 1 N–H and O–H groups in total. The number of hydrogen-bond donors (Lipinski definition) is 1. The van der Waals surface area contributed by atoms with E-state index >= 15 is 0 Å². The maximum Gasteiger partial charge on any atom is 0.126 e. The molecule has 2 heterocycles. The Kier molecular flexibility index (Phi) is 2.43. The highest BCUT2D eigenvalue weighted by atomic mass is 32.2. The fourth-order valence-corrected chi connectivity index (χ4v) is 2.59. The van der Waals surface area contributed by atoms with E-state index in [4.69, 9.17) is 0 Å². The molecular weight excluding hydrogens is 192 g/mol. The van der Waals surface area contributed by atoms with Gasteiger partial charge in [0.25, 0.3) is 0 Å². The summed E-state index contributed by atoms with van der Waals surface area (Å²) in [5.74, 6) is 2.18. The SMILES string of the molecule is Cc1ccc(NC2CSC2(C)C)nc1. The average molecular weight is 208 g/mol. The first-order valence-electron chi connectivity index (χ1n) is 4.91. The molecule has 1 saturated heterocycles. The Labute approximate surface area is 89.5 Å². The fourth-order valence-electron chi connectivity index (χ4n) is 1.45. The van der Waals surface area contributed by atoms with Crippen LogP contribution in [-0.2, 0) is 0 Å². The lowest BCUT2D eigenvalue weighted by Gasteiger charge is -2.44. The molecule has 0 aromatic carbocycles. The van der Waals surface area contributed by atoms with Crippen LogP contribution in [-0.4, -0.2) is 21.5 Å². The van der Waals surface area contributed by atoms with E-state index in [2.05, 4.69) is 43.2 Å². The number of rotatable bonds is 2. The van der Waals surface area contributed by atoms with E-state index in [1.54, 1.807) is 0 Å². The maximum absolute atomic E-state index is 4.35. The smallest absolute Gasteiger partial charge is 0.126 e. The van der Waals surface area contributed by atoms with Crippen molar-refractivity contribution in [2.45, 2.75) is 31.6 Å². The second-order valence-electron chi connectivity index (χ2n) is 4.33. The standard InChI is InChI=1S/C11H16N2S/c1-8-4-5-10(12-6-8)13-9-7-14-11(9,2)3/h4-6,9H,7H2,1-3H3,(H,12,13). The van der Waals surface area contributed by atoms with Gasteiger partial charge in [-0.15, -0.1) is 0 Å². The van der Waals surface area contributed by atoms with E-state index in [1.807, 2.05) is 18.0 Å². The van der Waals surface area contributed by atoms with Crippen molar-refractivity contribution in [3.05, 3.63) is 23.9 Å². The van der Waals surface area contributed by atoms with Gasteiger partial charge in [0, 0.05) is 16.7 Å². The first-order valence-corrected chi connectivity index (χ1v) is 5.90. The van der Waals surface area contributed by atoms with Crippen LogP contribution in [0, 0.1) is 6.92 Å². The van der Waals surface area contributed by atoms with E-state index < -0.39 is 0 Å². The van der Waals surface area contributed by atoms with E-state index in [9.17, 15) is 0 Å². The van der Waals surface area contributed by atoms with E-state index in [-0.39, 0.29) is 0 Å². The molecule has 0 saturated carbocycles. The molecule has 0 amide bonds. The summed E-state index contributed by atoms with van der Waals surface area (Å²) in [5.41, 5.74) is 1.21. The quantitative estimate of drug-likeness (QED) is 0.809. The summed E-state index contributed by atoms with van der Waals surface area (Å²) in [6.45, 7) is 6.60. The highest BCUT2D eigenvalue weighted by Gasteiger charge is 2.39. The normalized spacial score (nSPS) is 24.1. The Morgan fingerprint density at radius 1 is 1.50 bits per heavy atom. The predicted molar refractivity (Wildman–Crippen MR) is 62.9 cm³/mol. The summed E-state index contributed by atoms with van der Waals surface area (Å²) in [7, 11) is 0. The Hall–Kier alpha value is -0.700. The number of thioether (sulfide) groups is 1. The van der Waals surface area contributed by atoms with Crippen molar-refractivity contribution >= 4 is 17.6 Å². The number of nitrogens with one attached hydrogen (secondary N) is 1. The second kappa shape index (κ2) is 3.46. The lowest BCUT2D eigenvalue weighted by Crippen LogP contribution is -2.50. The molecule has 14 heavy (non-hydrogen) atoms. The van der Waals surface area contributed by atoms with Crippen molar-refractivity contribution in [2.24, 2.45) is 0 Å². The van der Waals surface area contributed by atoms with Gasteiger partial charge >= 0.3 is 0 Å². The highest BCUT2D eigenvalue weighted by Crippen LogP contribution is 2.41. The van der Waals surface area contributed by atoms with Crippen LogP contribution in [0.25, 0.3) is 0 Å². The van der Waals surface area contributed by atoms with Gasteiger partial charge in [-0.25, -0.2) is 4.98 Å². The number of anilines is 1. The lowest BCUT2D eigenvalue weighted by molar-refractivity contribution is 0.574. The molecule has 1 aromatic heterocycles. The molecule has 0 spiro atoms. The zero-order valence-electron chi connectivity index (χ0n) is 8.87. The van der Waals surface area contributed by atoms with Gasteiger partial charge in [-0.1, -0.05) is 6.07 Å². The molecule has 1 atom stereocenters. The summed E-state index contributed by atoms with van der Waals surface area (Å²) in [5, 5.41) is 3.46. The first-order chi connectivity index (χ1) is 6.58. The zero-order chi connectivity index (χ0) is 10.2. The van der Waals surface area contributed by atoms with Crippen LogP contribution < -0.4 is 5.32 Å². The largest absolute Gasteiger partial charge is 0.365 e. The summed E-state index contributed by atoms with van der Waals surface area (Å²) in [6.07, 6.45) is 1.90. The van der Waals surface area contributed by atoms with Gasteiger partial charge in [0.05, 0.1) is 6.04 Å². The molecular formula is C11H16N2S. The molecule has 2 rings (SSSR count). The number of aromatic nitrogens is 1. The minimum Gasteiger partial charge on any atom is -0.365 e. The van der Waals surface area contributed by atoms with Gasteiger partial charge in [0.1, 0.15) is 5.82 Å². The monoisotopic (exact) mass is 208 g/mol. The molecule has 1 aromatic rings. The van der Waals surface area contributed by atoms with Crippen molar-refractivity contribution in [3.63, 3.8) is 0 Å². The van der Waals surface area contributed by atoms with E-state index in [0.717, 1.165) is 5.82 Å². The molecule has 76 valence electrons. The van der Waals surface area contributed by atoms with Crippen LogP contribution in [0.15, 0.2) is 18.3 Å². The molecule has 0 aliphatic carbocycles. The molecule has 1 aliphatic heterocycles. The van der Waals surface area contributed by atoms with Gasteiger partial charge in [-0.2, -0.15) is 11.8 Å². The first kappa shape index (κ1) is 9.84. The number of hydrogen-bond acceptors (Lipinski definition) is 3. The molecule has 0 radical (unpaired) electrons. The second-order valence-corrected chi connectivity index (χ2v) is 6.01. The number of aryl methyl sites for hydroxylation is 1. The predicted octanol–water partition coefficient (Wildman–Crippen LogP) is 2.70. The molecule has 3 heteroatoms. The van der Waals surface area contributed by atoms with Crippen LogP contribution in [0.3, 0.4) is 0 Å². The molecule has 2 nitrogen and oxygen atoms in total. The van der Waals surface area contributed by atoms with Gasteiger partial charge in [0.2, 0.25) is 0 Å². The zero-order valence-corrected chi connectivity index (χ0v) is 9.69. The summed E-state index contributed by atoms with van der Waals surface area (Å²) in [6, 6.07) is 4.70. The minimum absolute atomic E-state index is 0.354. The van der Waals surface area contributed by atoms with Crippen LogP contribution in [0.5, 0.6) is 0 Å². The summed E-state index contributed by atoms with van der Waals surface area (Å²) < 4.78 is 0.354. The van der Waals surface area contributed by atoms with Gasteiger partial charge < -0.3 is 5.32 Å². The van der Waals surface area contributed by atoms with Crippen LogP contribution in [0.1, 0.15) is 19.4 Å². The summed E-state index contributed by atoms with van der Waals surface area (Å²) >= 11 is 2.00. The van der Waals surface area contributed by atoms with Crippen LogP contribution in [0.4, 0.5) is 5.82 Å². The Balaban J connectivity index is 2.01. The average Bonchev–Trinajstić information content (AvgIpc) is 2.15. The van der Waals surface area contributed by atoms with Crippen LogP contribution in [0.2, 0.25) is 0 Å². The van der Waals surface area contributed by atoms with Crippen molar-refractivity contribution in [2.75, 3.05) is 11.1 Å². The third kappa shape index (κ3) is 1.87. The lowest BCUT2D eigenvalue weighted by atomic mass is 10.0. The maximum atomic E-state index is 4.35. The fraction of sp³-hybridized carbons (Fsp3) is 0.545. The minimum atomic E-state index is 0.354. The van der Waals surface area contributed by atoms with E-state index in [0.29, 0.717) is 10.8 Å². The molecule has 0 bridgehead atoms. The third-order valence-corrected chi connectivity index (χ3v) is 4.22. The number of nitrogens with zero attached hydrogens (tertiary/aromatic N) is 1. The van der Waals surface area contributed by atoms with Gasteiger partial charge in [0.15, 0.2) is 0 Å². The Morgan fingerprint density at radius 2 is 2.29 bits per heavy atom. The van der Waals surface area contributed by atoms with Gasteiger partial charge in [-0.05, 0) is 32.4 Å². The molecule has 1 fully saturated rings. The number of pyridine rings is 1. The third-order valence-electron chi connectivity index (χ3n) is 2.69. The van der Waals surface area contributed by atoms with Crippen molar-refractivity contribution in [1.29, 1.82) is 0 Å². The van der Waals surface area contributed by atoms with Gasteiger partial charge in [-0.3, -0.25) is 0 Å². The van der Waals surface area contributed by atoms with Crippen molar-refractivity contribution in [3.8, 4) is 0 Å². The van der Waals surface area contributed by atoms with Crippen molar-refractivity contribution < 1.29 is 0 Å². The topological polar surface area (TPSA) is 24.9 Å². The Bertz CT molecular complexity index is 319. The molecule has 1 aliphatic rings. The van der Waals surface area contributed by atoms with E-state index in [1.165, 1.54) is 11.3 Å². The van der Waals surface area contributed by atoms with Crippen LogP contribution >= 0.6 is 11.8 Å². The van der Waals surface area contributed by atoms with Crippen molar-refractivity contribution in [1.82, 2.24) is 4.98 Å². The highest BCUT2D eigenvalue weighted by molar-refractivity contribution is 8.02. The molecule has 1 unspecified atom stereocenters. The summed E-state index contributed by atoms with van der Waals surface area (Å²) in [4.78, 5) is 4.35.